The van der Waals surface area contributed by atoms with Gasteiger partial charge in [0.15, 0.2) is 0 Å². The molecular formula is C10H16O. The van der Waals surface area contributed by atoms with Crippen LogP contribution >= 0.6 is 0 Å². The highest BCUT2D eigenvalue weighted by atomic mass is 16.1. The van der Waals surface area contributed by atoms with Crippen LogP contribution in [0.4, 0.5) is 0 Å². The Morgan fingerprint density at radius 2 is 2.09 bits per heavy atom. The number of Topliss-reactive ketones (excluding diaryl/α,β-unsaturated/α-hetero) is 1. The average Bonchev–Trinajstić information content (AvgIpc) is 1.92. The van der Waals surface area contributed by atoms with E-state index in [2.05, 4.69) is 6.92 Å². The predicted octanol–water partition coefficient (Wildman–Crippen LogP) is 2.55. The fraction of sp³-hybridized carbons (Fsp3) is 0.900. The third-order valence-electron chi connectivity index (χ3n) is 3.60. The third-order valence-corrected chi connectivity index (χ3v) is 3.60. The van der Waals surface area contributed by atoms with Gasteiger partial charge in [0.25, 0.3) is 0 Å². The van der Waals surface area contributed by atoms with Crippen LogP contribution in [0.1, 0.15) is 45.4 Å². The summed E-state index contributed by atoms with van der Waals surface area (Å²) in [6, 6.07) is 0. The van der Waals surface area contributed by atoms with E-state index in [1.807, 2.05) is 0 Å². The van der Waals surface area contributed by atoms with Gasteiger partial charge in [0.05, 0.1) is 0 Å². The maximum atomic E-state index is 11.2. The summed E-state index contributed by atoms with van der Waals surface area (Å²) in [4.78, 5) is 11.2. The maximum absolute atomic E-state index is 11.2. The highest BCUT2D eigenvalue weighted by Crippen LogP contribution is 2.52. The van der Waals surface area contributed by atoms with E-state index in [-0.39, 0.29) is 0 Å². The lowest BCUT2D eigenvalue weighted by Crippen LogP contribution is -2.37. The molecule has 1 nitrogen and oxygen atoms in total. The molecule has 0 bridgehead atoms. The summed E-state index contributed by atoms with van der Waals surface area (Å²) in [6.07, 6.45) is 7.43. The minimum atomic E-state index is 0.365. The Bertz CT molecular complexity index is 179. The van der Waals surface area contributed by atoms with Crippen LogP contribution in [0.3, 0.4) is 0 Å². The van der Waals surface area contributed by atoms with Crippen molar-refractivity contribution in [2.45, 2.75) is 45.4 Å². The van der Waals surface area contributed by atoms with Gasteiger partial charge in [0, 0.05) is 12.3 Å². The fourth-order valence-corrected chi connectivity index (χ4v) is 2.63. The number of ketones is 1. The molecule has 0 heterocycles. The van der Waals surface area contributed by atoms with Crippen LogP contribution in [0.25, 0.3) is 0 Å². The molecule has 1 unspecified atom stereocenters. The Labute approximate surface area is 68.2 Å². The van der Waals surface area contributed by atoms with E-state index in [9.17, 15) is 4.79 Å². The van der Waals surface area contributed by atoms with E-state index in [1.165, 1.54) is 32.1 Å². The summed E-state index contributed by atoms with van der Waals surface area (Å²) < 4.78 is 0. The van der Waals surface area contributed by atoms with E-state index in [0.29, 0.717) is 17.1 Å². The number of hydrogen-bond acceptors (Lipinski definition) is 1. The largest absolute Gasteiger partial charge is 0.299 e. The second-order valence-corrected chi connectivity index (χ2v) is 4.43. The zero-order chi connectivity index (χ0) is 7.90. The van der Waals surface area contributed by atoms with Crippen molar-refractivity contribution in [1.29, 1.82) is 0 Å². The molecule has 11 heavy (non-hydrogen) atoms. The Hall–Kier alpha value is -0.330. The Balaban J connectivity index is 2.02. The zero-order valence-electron chi connectivity index (χ0n) is 7.23. The summed E-state index contributed by atoms with van der Waals surface area (Å²) in [5, 5.41) is 0. The number of hydrogen-bond donors (Lipinski definition) is 0. The third kappa shape index (κ3) is 1.11. The monoisotopic (exact) mass is 152 g/mol. The molecule has 2 aliphatic rings. The van der Waals surface area contributed by atoms with Gasteiger partial charge in [-0.2, -0.15) is 0 Å². The quantitative estimate of drug-likeness (QED) is 0.521. The van der Waals surface area contributed by atoms with Gasteiger partial charge in [0.1, 0.15) is 5.78 Å². The molecule has 62 valence electrons. The van der Waals surface area contributed by atoms with E-state index < -0.39 is 0 Å². The van der Waals surface area contributed by atoms with E-state index in [1.54, 1.807) is 0 Å². The molecule has 1 spiro atoms. The van der Waals surface area contributed by atoms with Crippen molar-refractivity contribution >= 4 is 5.78 Å². The minimum Gasteiger partial charge on any atom is -0.299 e. The predicted molar refractivity (Wildman–Crippen MR) is 44.3 cm³/mol. The van der Waals surface area contributed by atoms with Gasteiger partial charge in [-0.15, -0.1) is 0 Å². The van der Waals surface area contributed by atoms with E-state index >= 15 is 0 Å². The first-order chi connectivity index (χ1) is 5.22. The lowest BCUT2D eigenvalue weighted by atomic mass is 9.58. The molecule has 0 N–H and O–H groups in total. The molecule has 1 atom stereocenters. The Kier molecular flexibility index (Phi) is 1.55. The topological polar surface area (TPSA) is 17.1 Å². The Morgan fingerprint density at radius 3 is 2.55 bits per heavy atom. The molecule has 2 rings (SSSR count). The standard InChI is InChI=1S/C10H16O/c1-8-7-10(4-2-5-10)6-3-9(8)11/h8H,2-7H2,1H3. The normalized spacial score (nSPS) is 35.4. The number of rotatable bonds is 0. The van der Waals surface area contributed by atoms with Crippen LogP contribution in [0.15, 0.2) is 0 Å². The number of carbonyl (C=O) groups excluding carboxylic acids is 1. The molecule has 2 fully saturated rings. The zero-order valence-corrected chi connectivity index (χ0v) is 7.23. The Morgan fingerprint density at radius 1 is 1.36 bits per heavy atom. The van der Waals surface area contributed by atoms with Crippen LogP contribution in [0.2, 0.25) is 0 Å². The van der Waals surface area contributed by atoms with Crippen LogP contribution in [0, 0.1) is 11.3 Å². The van der Waals surface area contributed by atoms with Gasteiger partial charge in [-0.05, 0) is 31.1 Å². The SMILES string of the molecule is CC1CC2(CCC2)CCC1=O. The highest BCUT2D eigenvalue weighted by molar-refractivity contribution is 5.81. The second-order valence-electron chi connectivity index (χ2n) is 4.43. The summed E-state index contributed by atoms with van der Waals surface area (Å²) >= 11 is 0. The van der Waals surface area contributed by atoms with Crippen LogP contribution in [0.5, 0.6) is 0 Å². The van der Waals surface area contributed by atoms with Gasteiger partial charge in [-0.1, -0.05) is 13.3 Å². The van der Waals surface area contributed by atoms with Crippen LogP contribution in [-0.4, -0.2) is 5.78 Å². The molecule has 1 heteroatoms. The molecule has 0 aromatic carbocycles. The van der Waals surface area contributed by atoms with Crippen molar-refractivity contribution in [2.75, 3.05) is 0 Å². The van der Waals surface area contributed by atoms with Crippen molar-refractivity contribution in [1.82, 2.24) is 0 Å². The molecule has 2 aliphatic carbocycles. The van der Waals surface area contributed by atoms with Gasteiger partial charge in [-0.3, -0.25) is 4.79 Å². The van der Waals surface area contributed by atoms with Crippen LogP contribution < -0.4 is 0 Å². The summed E-state index contributed by atoms with van der Waals surface area (Å²) in [7, 11) is 0. The smallest absolute Gasteiger partial charge is 0.135 e. The molecule has 0 aliphatic heterocycles. The molecule has 0 aromatic heterocycles. The van der Waals surface area contributed by atoms with Crippen molar-refractivity contribution in [2.24, 2.45) is 11.3 Å². The van der Waals surface area contributed by atoms with Crippen molar-refractivity contribution < 1.29 is 4.79 Å². The average molecular weight is 152 g/mol. The van der Waals surface area contributed by atoms with Gasteiger partial charge >= 0.3 is 0 Å². The lowest BCUT2D eigenvalue weighted by Gasteiger charge is -2.46. The highest BCUT2D eigenvalue weighted by Gasteiger charge is 2.42. The first-order valence-corrected chi connectivity index (χ1v) is 4.75. The molecule has 0 amide bonds. The first kappa shape index (κ1) is 7.33. The fourth-order valence-electron chi connectivity index (χ4n) is 2.63. The summed E-state index contributed by atoms with van der Waals surface area (Å²) in [6.45, 7) is 2.10. The van der Waals surface area contributed by atoms with Gasteiger partial charge in [0.2, 0.25) is 0 Å². The lowest BCUT2D eigenvalue weighted by molar-refractivity contribution is -0.128. The van der Waals surface area contributed by atoms with Crippen molar-refractivity contribution in [3.05, 3.63) is 0 Å². The summed E-state index contributed by atoms with van der Waals surface area (Å²) in [5.41, 5.74) is 0.632. The summed E-state index contributed by atoms with van der Waals surface area (Å²) in [5.74, 6) is 0.867. The van der Waals surface area contributed by atoms with E-state index in [0.717, 1.165) is 6.42 Å². The van der Waals surface area contributed by atoms with Gasteiger partial charge in [-0.25, -0.2) is 0 Å². The molecule has 0 aromatic rings. The molecule has 0 saturated heterocycles. The second kappa shape index (κ2) is 2.33. The molecular weight excluding hydrogens is 136 g/mol. The van der Waals surface area contributed by atoms with Crippen molar-refractivity contribution in [3.63, 3.8) is 0 Å². The number of carbonyl (C=O) groups is 1. The maximum Gasteiger partial charge on any atom is 0.135 e. The molecule has 2 saturated carbocycles. The van der Waals surface area contributed by atoms with Crippen molar-refractivity contribution in [3.8, 4) is 0 Å². The molecule has 0 radical (unpaired) electrons. The first-order valence-electron chi connectivity index (χ1n) is 4.75. The van der Waals surface area contributed by atoms with E-state index in [4.69, 9.17) is 0 Å². The van der Waals surface area contributed by atoms with Gasteiger partial charge < -0.3 is 0 Å². The van der Waals surface area contributed by atoms with Crippen LogP contribution in [-0.2, 0) is 4.79 Å². The minimum absolute atomic E-state index is 0.365.